The van der Waals surface area contributed by atoms with E-state index in [9.17, 15) is 19.2 Å². The minimum atomic E-state index is -2.74. The predicted molar refractivity (Wildman–Crippen MR) is 138 cm³/mol. The third kappa shape index (κ3) is 10.9. The molecule has 0 unspecified atom stereocenters. The van der Waals surface area contributed by atoms with Crippen molar-refractivity contribution in [2.24, 2.45) is 0 Å². The maximum absolute atomic E-state index is 12.0. The van der Waals surface area contributed by atoms with Gasteiger partial charge in [0.25, 0.3) is 0 Å². The van der Waals surface area contributed by atoms with Gasteiger partial charge in [0.05, 0.1) is 0 Å². The van der Waals surface area contributed by atoms with Crippen LogP contribution in [-0.2, 0) is 57.9 Å². The molecule has 0 aromatic heterocycles. The summed E-state index contributed by atoms with van der Waals surface area (Å²) in [4.78, 5) is 48.0. The minimum Gasteiger partial charge on any atom is -0.397 e. The third-order valence-corrected chi connectivity index (χ3v) is 14.3. The molecule has 8 nitrogen and oxygen atoms in total. The second-order valence-electron chi connectivity index (χ2n) is 8.09. The molecule has 0 aliphatic heterocycles. The van der Waals surface area contributed by atoms with Crippen LogP contribution in [0.2, 0.25) is 23.2 Å². The average molecular weight is 716 g/mol. The Morgan fingerprint density at radius 3 is 0.829 bits per heavy atom. The van der Waals surface area contributed by atoms with Crippen LogP contribution in [0, 0.1) is 0 Å². The van der Waals surface area contributed by atoms with Gasteiger partial charge in [-0.05, 0) is 12.1 Å². The zero-order valence-electron chi connectivity index (χ0n) is 23.4. The molecule has 11 heteroatoms. The molecular formula is C24H48O8PtSi2+2. The maximum Gasteiger partial charge on any atom is 2.00 e. The Morgan fingerprint density at radius 2 is 0.714 bits per heavy atom. The van der Waals surface area contributed by atoms with E-state index in [1.165, 1.54) is 0 Å². The van der Waals surface area contributed by atoms with Gasteiger partial charge in [0.15, 0.2) is 0 Å². The number of carbonyl (C=O) groups excluding carboxylic acids is 4. The van der Waals surface area contributed by atoms with Crippen LogP contribution in [0.1, 0.15) is 80.1 Å². The van der Waals surface area contributed by atoms with Crippen molar-refractivity contribution in [3.8, 4) is 0 Å². The number of hydrogen-bond acceptors (Lipinski definition) is 8. The smallest absolute Gasteiger partial charge is 0.397 e. The van der Waals surface area contributed by atoms with Gasteiger partial charge in [-0.15, -0.1) is 0 Å². The molecule has 0 aliphatic rings. The van der Waals surface area contributed by atoms with E-state index in [1.807, 2.05) is 13.8 Å². The van der Waals surface area contributed by atoms with E-state index < -0.39 is 28.2 Å². The monoisotopic (exact) mass is 715 g/mol. The van der Waals surface area contributed by atoms with Crippen molar-refractivity contribution in [2.75, 3.05) is 28.4 Å². The topological polar surface area (TPSA) is 105 Å². The number of ketones is 4. The fraction of sp³-hybridized carbons (Fsp3) is 0.833. The second kappa shape index (κ2) is 20.7. The van der Waals surface area contributed by atoms with Gasteiger partial charge in [-0.2, -0.15) is 0 Å². The van der Waals surface area contributed by atoms with Crippen molar-refractivity contribution >= 4 is 40.3 Å². The number of carbonyl (C=O) groups is 4. The number of Topliss-reactive ketones (excluding diaryl/α,β-unsaturated/α-hetero) is 4. The van der Waals surface area contributed by atoms with Gasteiger partial charge in [0.2, 0.25) is 0 Å². The second-order valence-corrected chi connectivity index (χ2v) is 15.1. The Balaban J connectivity index is -0.000000569. The molecule has 0 fully saturated rings. The molecule has 0 N–H and O–H groups in total. The molecule has 35 heavy (non-hydrogen) atoms. The van der Waals surface area contributed by atoms with Crippen LogP contribution in [0.25, 0.3) is 0 Å². The van der Waals surface area contributed by atoms with E-state index in [2.05, 4.69) is 0 Å². The molecule has 0 radical (unpaired) electrons. The van der Waals surface area contributed by atoms with Crippen molar-refractivity contribution in [1.29, 1.82) is 0 Å². The standard InChI is InChI=1S/2C12H24O4Si.Pt/c2*1-6-9-17(15-4,16-5)12(10(13)7-2)11(14)8-3;/h2*12H,6-9H2,1-5H3;/q;;+2. The van der Waals surface area contributed by atoms with Gasteiger partial charge in [-0.1, -0.05) is 54.4 Å². The molecule has 0 aromatic rings. The van der Waals surface area contributed by atoms with E-state index in [0.29, 0.717) is 37.8 Å². The third-order valence-electron chi connectivity index (χ3n) is 6.14. The molecule has 0 amide bonds. The van der Waals surface area contributed by atoms with Gasteiger partial charge in [-0.3, -0.25) is 19.2 Å². The van der Waals surface area contributed by atoms with Crippen LogP contribution in [-0.4, -0.2) is 68.7 Å². The van der Waals surface area contributed by atoms with Crippen LogP contribution in [0.3, 0.4) is 0 Å². The van der Waals surface area contributed by atoms with Crippen LogP contribution in [0.5, 0.6) is 0 Å². The largest absolute Gasteiger partial charge is 2.00 e. The molecule has 0 saturated carbocycles. The minimum absolute atomic E-state index is 0. The first-order valence-electron chi connectivity index (χ1n) is 12.4. The van der Waals surface area contributed by atoms with Crippen molar-refractivity contribution in [2.45, 2.75) is 103 Å². The summed E-state index contributed by atoms with van der Waals surface area (Å²) in [6, 6.07) is 1.34. The molecule has 0 aromatic carbocycles. The summed E-state index contributed by atoms with van der Waals surface area (Å²) in [5.41, 5.74) is -1.35. The molecule has 0 aliphatic carbocycles. The van der Waals surface area contributed by atoms with Crippen molar-refractivity contribution in [3.05, 3.63) is 0 Å². The molecule has 0 saturated heterocycles. The normalized spacial score (nSPS) is 11.5. The van der Waals surface area contributed by atoms with E-state index in [4.69, 9.17) is 17.7 Å². The Morgan fingerprint density at radius 1 is 0.514 bits per heavy atom. The maximum atomic E-state index is 12.0. The van der Waals surface area contributed by atoms with Crippen molar-refractivity contribution < 1.29 is 57.9 Å². The van der Waals surface area contributed by atoms with E-state index in [1.54, 1.807) is 56.1 Å². The van der Waals surface area contributed by atoms with Gasteiger partial charge in [-0.25, -0.2) is 0 Å². The molecule has 208 valence electrons. The van der Waals surface area contributed by atoms with Crippen molar-refractivity contribution in [3.63, 3.8) is 0 Å². The van der Waals surface area contributed by atoms with E-state index in [-0.39, 0.29) is 44.2 Å². The Labute approximate surface area is 229 Å². The summed E-state index contributed by atoms with van der Waals surface area (Å²) >= 11 is 0. The quantitative estimate of drug-likeness (QED) is 0.146. The first kappa shape index (κ1) is 39.2. The summed E-state index contributed by atoms with van der Waals surface area (Å²) in [7, 11) is 0.703. The Kier molecular flexibility index (Phi) is 23.1. The van der Waals surface area contributed by atoms with Gasteiger partial charge in [0.1, 0.15) is 34.2 Å². The molecule has 0 rings (SSSR count). The van der Waals surface area contributed by atoms with Crippen LogP contribution < -0.4 is 0 Å². The summed E-state index contributed by atoms with van der Waals surface area (Å²) in [6.45, 7) is 11.1. The Hall–Kier alpha value is -0.358. The van der Waals surface area contributed by atoms with E-state index in [0.717, 1.165) is 12.8 Å². The van der Waals surface area contributed by atoms with Gasteiger partial charge >= 0.3 is 38.2 Å². The average Bonchev–Trinajstić information content (AvgIpc) is 2.87. The first-order chi connectivity index (χ1) is 16.0. The summed E-state index contributed by atoms with van der Waals surface area (Å²) in [6.07, 6.45) is 3.09. The van der Waals surface area contributed by atoms with Crippen LogP contribution in [0.4, 0.5) is 0 Å². The SMILES string of the molecule is CCC[Si](OC)(OC)C(C(=O)CC)C(=O)CC.CCC[Si](OC)(OC)C(C(=O)CC)C(=O)CC.[Pt+2]. The van der Waals surface area contributed by atoms with Crippen molar-refractivity contribution in [1.82, 2.24) is 0 Å². The Bertz CT molecular complexity index is 551. The fourth-order valence-electron chi connectivity index (χ4n) is 4.19. The zero-order chi connectivity index (χ0) is 26.9. The summed E-state index contributed by atoms with van der Waals surface area (Å²) in [5.74, 6) is -0.220. The number of rotatable bonds is 18. The summed E-state index contributed by atoms with van der Waals surface area (Å²) in [5, 5.41) is 0. The predicted octanol–water partition coefficient (Wildman–Crippen LogP) is 4.92. The molecule has 0 spiro atoms. The van der Waals surface area contributed by atoms with Crippen LogP contribution in [0.15, 0.2) is 0 Å². The van der Waals surface area contributed by atoms with Gasteiger partial charge in [0, 0.05) is 54.1 Å². The first-order valence-corrected chi connectivity index (χ1v) is 16.6. The van der Waals surface area contributed by atoms with Crippen LogP contribution >= 0.6 is 0 Å². The molecule has 0 bridgehead atoms. The molecule has 0 atom stereocenters. The summed E-state index contributed by atoms with van der Waals surface area (Å²) < 4.78 is 22.0. The number of hydrogen-bond donors (Lipinski definition) is 0. The molecule has 0 heterocycles. The van der Waals surface area contributed by atoms with E-state index >= 15 is 0 Å². The fourth-order valence-corrected chi connectivity index (χ4v) is 11.0. The van der Waals surface area contributed by atoms with Gasteiger partial charge < -0.3 is 17.7 Å². The molecular weight excluding hydrogens is 668 g/mol. The zero-order valence-corrected chi connectivity index (χ0v) is 27.7.